The summed E-state index contributed by atoms with van der Waals surface area (Å²) < 4.78 is 5.66. The molecule has 1 aliphatic heterocycles. The summed E-state index contributed by atoms with van der Waals surface area (Å²) in [4.78, 5) is 36.2. The molecule has 1 aliphatic rings. The van der Waals surface area contributed by atoms with Crippen molar-refractivity contribution in [3.05, 3.63) is 23.8 Å². The second kappa shape index (κ2) is 12.4. The van der Waals surface area contributed by atoms with Crippen LogP contribution in [-0.4, -0.2) is 86.4 Å². The van der Waals surface area contributed by atoms with E-state index in [9.17, 15) is 14.4 Å². The van der Waals surface area contributed by atoms with Crippen LogP contribution in [0.1, 0.15) is 12.0 Å². The number of amides is 2. The van der Waals surface area contributed by atoms with Gasteiger partial charge >= 0.3 is 0 Å². The molecule has 0 aromatic heterocycles. The Morgan fingerprint density at radius 2 is 2.20 bits per heavy atom. The van der Waals surface area contributed by atoms with Crippen LogP contribution in [0, 0.1) is 11.3 Å². The average molecular weight is 416 g/mol. The SMILES string of the molecule is CN(CCNC(=O)CN(CCC#N)N(C=O)CC=O)Cc1ccc2c(c1)OCCN2. The van der Waals surface area contributed by atoms with Crippen LogP contribution in [0.2, 0.25) is 0 Å². The van der Waals surface area contributed by atoms with Crippen molar-refractivity contribution in [2.75, 3.05) is 58.2 Å². The number of likely N-dealkylation sites (N-methyl/N-ethyl adjacent to an activating group) is 1. The fourth-order valence-corrected chi connectivity index (χ4v) is 3.05. The molecule has 0 radical (unpaired) electrons. The summed E-state index contributed by atoms with van der Waals surface area (Å²) in [5.41, 5.74) is 2.12. The van der Waals surface area contributed by atoms with E-state index in [2.05, 4.69) is 15.5 Å². The molecule has 30 heavy (non-hydrogen) atoms. The molecule has 2 N–H and O–H groups in total. The average Bonchev–Trinajstić information content (AvgIpc) is 2.75. The van der Waals surface area contributed by atoms with Crippen molar-refractivity contribution in [2.24, 2.45) is 0 Å². The van der Waals surface area contributed by atoms with Crippen LogP contribution in [0.5, 0.6) is 5.75 Å². The molecule has 0 bridgehead atoms. The number of benzene rings is 1. The molecule has 0 saturated heterocycles. The van der Waals surface area contributed by atoms with Crippen LogP contribution in [0.25, 0.3) is 0 Å². The second-order valence-corrected chi connectivity index (χ2v) is 6.88. The minimum Gasteiger partial charge on any atom is -0.490 e. The van der Waals surface area contributed by atoms with Gasteiger partial charge in [-0.1, -0.05) is 6.07 Å². The first-order valence-corrected chi connectivity index (χ1v) is 9.79. The number of hydrogen-bond donors (Lipinski definition) is 2. The Kier molecular flexibility index (Phi) is 9.57. The van der Waals surface area contributed by atoms with Gasteiger partial charge in [-0.25, -0.2) is 5.01 Å². The molecular weight excluding hydrogens is 388 g/mol. The molecule has 1 aromatic carbocycles. The first kappa shape index (κ1) is 23.1. The Bertz CT molecular complexity index is 766. The van der Waals surface area contributed by atoms with Crippen LogP contribution >= 0.6 is 0 Å². The molecule has 162 valence electrons. The van der Waals surface area contributed by atoms with E-state index in [0.29, 0.717) is 38.9 Å². The van der Waals surface area contributed by atoms with Gasteiger partial charge in [0.15, 0.2) is 0 Å². The fraction of sp³-hybridized carbons (Fsp3) is 0.500. The van der Waals surface area contributed by atoms with Gasteiger partial charge in [-0.2, -0.15) is 5.26 Å². The molecule has 0 aliphatic carbocycles. The highest BCUT2D eigenvalue weighted by Gasteiger charge is 2.17. The largest absolute Gasteiger partial charge is 0.490 e. The molecule has 1 heterocycles. The Labute approximate surface area is 176 Å². The van der Waals surface area contributed by atoms with E-state index in [1.165, 1.54) is 5.01 Å². The van der Waals surface area contributed by atoms with Gasteiger partial charge in [-0.05, 0) is 24.7 Å². The van der Waals surface area contributed by atoms with Crippen molar-refractivity contribution in [3.63, 3.8) is 0 Å². The fourth-order valence-electron chi connectivity index (χ4n) is 3.05. The molecule has 2 amide bonds. The molecule has 1 aromatic rings. The lowest BCUT2D eigenvalue weighted by Gasteiger charge is -2.29. The Hall–Kier alpha value is -3.16. The van der Waals surface area contributed by atoms with E-state index in [0.717, 1.165) is 28.6 Å². The van der Waals surface area contributed by atoms with E-state index in [4.69, 9.17) is 10.00 Å². The van der Waals surface area contributed by atoms with Crippen molar-refractivity contribution >= 4 is 24.3 Å². The lowest BCUT2D eigenvalue weighted by atomic mass is 10.1. The number of nitrogens with one attached hydrogen (secondary N) is 2. The van der Waals surface area contributed by atoms with Crippen LogP contribution in [0.15, 0.2) is 18.2 Å². The lowest BCUT2D eigenvalue weighted by Crippen LogP contribution is -2.49. The van der Waals surface area contributed by atoms with E-state index in [1.807, 2.05) is 31.3 Å². The Morgan fingerprint density at radius 3 is 2.93 bits per heavy atom. The lowest BCUT2D eigenvalue weighted by molar-refractivity contribution is -0.142. The molecule has 0 fully saturated rings. The van der Waals surface area contributed by atoms with Gasteiger partial charge in [-0.15, -0.1) is 0 Å². The van der Waals surface area contributed by atoms with Crippen molar-refractivity contribution in [1.82, 2.24) is 20.2 Å². The van der Waals surface area contributed by atoms with Crippen LogP contribution in [0.3, 0.4) is 0 Å². The van der Waals surface area contributed by atoms with Gasteiger partial charge < -0.3 is 25.1 Å². The molecule has 2 rings (SSSR count). The maximum absolute atomic E-state index is 12.2. The number of nitrogens with zero attached hydrogens (tertiary/aromatic N) is 4. The van der Waals surface area contributed by atoms with Crippen molar-refractivity contribution in [1.29, 1.82) is 5.26 Å². The minimum absolute atomic E-state index is 0.104. The van der Waals surface area contributed by atoms with Gasteiger partial charge in [0.25, 0.3) is 0 Å². The molecule has 0 saturated carbocycles. The highest BCUT2D eigenvalue weighted by molar-refractivity contribution is 5.78. The molecule has 10 nitrogen and oxygen atoms in total. The maximum atomic E-state index is 12.2. The summed E-state index contributed by atoms with van der Waals surface area (Å²) in [7, 11) is 1.96. The second-order valence-electron chi connectivity index (χ2n) is 6.88. The van der Waals surface area contributed by atoms with Gasteiger partial charge in [-0.3, -0.25) is 14.6 Å². The number of carbonyl (C=O) groups excluding carboxylic acids is 3. The number of rotatable bonds is 13. The summed E-state index contributed by atoms with van der Waals surface area (Å²) in [6.45, 7) is 3.14. The summed E-state index contributed by atoms with van der Waals surface area (Å²) >= 11 is 0. The highest BCUT2D eigenvalue weighted by atomic mass is 16.5. The van der Waals surface area contributed by atoms with Crippen LogP contribution in [0.4, 0.5) is 5.69 Å². The molecule has 0 atom stereocenters. The first-order valence-electron chi connectivity index (χ1n) is 9.79. The number of hydrogen-bond acceptors (Lipinski definition) is 8. The summed E-state index contributed by atoms with van der Waals surface area (Å²) in [5, 5.41) is 17.3. The zero-order chi connectivity index (χ0) is 21.8. The van der Waals surface area contributed by atoms with Crippen LogP contribution < -0.4 is 15.4 Å². The van der Waals surface area contributed by atoms with E-state index >= 15 is 0 Å². The standard InChI is InChI=1S/C20H28N6O4/c1-24(14-17-3-4-18-19(13-17)30-12-7-22-18)9-6-23-20(29)15-25(8-2-5-21)26(16-28)10-11-27/h3-4,11,13,16,22H,2,6-10,12,14-15H2,1H3,(H,23,29). The van der Waals surface area contributed by atoms with Gasteiger partial charge in [0.05, 0.1) is 24.8 Å². The number of aldehydes is 1. The molecular formula is C20H28N6O4. The molecule has 0 unspecified atom stereocenters. The summed E-state index contributed by atoms with van der Waals surface area (Å²) in [6.07, 6.45) is 1.19. The van der Waals surface area contributed by atoms with E-state index in [1.54, 1.807) is 0 Å². The minimum atomic E-state index is -0.285. The number of carbonyl (C=O) groups is 3. The summed E-state index contributed by atoms with van der Waals surface area (Å²) in [6, 6.07) is 8.04. The zero-order valence-corrected chi connectivity index (χ0v) is 17.2. The quantitative estimate of drug-likeness (QED) is 0.336. The van der Waals surface area contributed by atoms with Gasteiger partial charge in [0.1, 0.15) is 18.6 Å². The highest BCUT2D eigenvalue weighted by Crippen LogP contribution is 2.28. The Morgan fingerprint density at radius 1 is 1.37 bits per heavy atom. The third-order valence-electron chi connectivity index (χ3n) is 4.54. The van der Waals surface area contributed by atoms with E-state index in [-0.39, 0.29) is 32.0 Å². The third-order valence-corrected chi connectivity index (χ3v) is 4.54. The number of anilines is 1. The zero-order valence-electron chi connectivity index (χ0n) is 17.2. The van der Waals surface area contributed by atoms with Gasteiger partial charge in [0, 0.05) is 39.1 Å². The number of ether oxygens (including phenoxy) is 1. The molecule has 10 heteroatoms. The maximum Gasteiger partial charge on any atom is 0.236 e. The predicted octanol–water partition coefficient (Wildman–Crippen LogP) is -0.173. The van der Waals surface area contributed by atoms with Crippen molar-refractivity contribution in [2.45, 2.75) is 13.0 Å². The van der Waals surface area contributed by atoms with Crippen molar-refractivity contribution < 1.29 is 19.1 Å². The summed E-state index contributed by atoms with van der Waals surface area (Å²) in [5.74, 6) is 0.570. The molecule has 0 spiro atoms. The normalized spacial score (nSPS) is 12.3. The van der Waals surface area contributed by atoms with Crippen LogP contribution in [-0.2, 0) is 20.9 Å². The smallest absolute Gasteiger partial charge is 0.236 e. The van der Waals surface area contributed by atoms with Gasteiger partial charge in [0.2, 0.25) is 12.3 Å². The topological polar surface area (TPSA) is 118 Å². The van der Waals surface area contributed by atoms with Crippen molar-refractivity contribution in [3.8, 4) is 11.8 Å². The monoisotopic (exact) mass is 416 g/mol. The van der Waals surface area contributed by atoms with E-state index < -0.39 is 0 Å². The predicted molar refractivity (Wildman–Crippen MR) is 110 cm³/mol. The third kappa shape index (κ3) is 7.35. The number of nitriles is 1. The number of hydrazine groups is 1. The first-order chi connectivity index (χ1) is 14.6. The Balaban J connectivity index is 1.77. The number of fused-ring (bicyclic) bond motifs is 1.